The highest BCUT2D eigenvalue weighted by atomic mass is 32.2. The first-order chi connectivity index (χ1) is 19.5. The van der Waals surface area contributed by atoms with Crippen LogP contribution in [0, 0.1) is 5.92 Å². The first kappa shape index (κ1) is 26.5. The number of aromatic nitrogens is 2. The smallest absolute Gasteiger partial charge is 0.318 e. The van der Waals surface area contributed by atoms with Crippen molar-refractivity contribution in [1.82, 2.24) is 19.4 Å². The predicted molar refractivity (Wildman–Crippen MR) is 162 cm³/mol. The van der Waals surface area contributed by atoms with Gasteiger partial charge in [0.05, 0.1) is 0 Å². The van der Waals surface area contributed by atoms with Gasteiger partial charge in [-0.3, -0.25) is 9.59 Å². The van der Waals surface area contributed by atoms with Gasteiger partial charge in [0.2, 0.25) is 5.91 Å². The minimum Gasteiger partial charge on any atom is -0.341 e. The van der Waals surface area contributed by atoms with E-state index in [0.29, 0.717) is 26.1 Å². The number of likely N-dealkylation sites (tertiary alicyclic amines) is 1. The second-order valence-electron chi connectivity index (χ2n) is 10.9. The number of anilines is 1. The Balaban J connectivity index is 1.19. The molecule has 4 aromatic rings. The summed E-state index contributed by atoms with van der Waals surface area (Å²) in [5.41, 5.74) is 4.05. The number of urea groups is 1. The van der Waals surface area contributed by atoms with E-state index in [9.17, 15) is 14.4 Å². The minimum atomic E-state index is -0.649. The molecule has 3 atom stereocenters. The second kappa shape index (κ2) is 11.0. The fraction of sp³-hybridized carbons (Fsp3) is 0.387. The highest BCUT2D eigenvalue weighted by molar-refractivity contribution is 7.98. The number of benzene rings is 2. The first-order valence-corrected chi connectivity index (χ1v) is 15.4. The van der Waals surface area contributed by atoms with Crippen molar-refractivity contribution < 1.29 is 9.59 Å². The number of pyridine rings is 1. The van der Waals surface area contributed by atoms with Crippen LogP contribution >= 0.6 is 11.8 Å². The zero-order valence-electron chi connectivity index (χ0n) is 22.9. The Bertz CT molecular complexity index is 1640. The van der Waals surface area contributed by atoms with Gasteiger partial charge in [0.25, 0.3) is 5.56 Å². The third kappa shape index (κ3) is 4.87. The molecular formula is C31H35N5O3S. The van der Waals surface area contributed by atoms with Crippen LogP contribution in [0.3, 0.4) is 0 Å². The molecule has 2 aliphatic heterocycles. The summed E-state index contributed by atoms with van der Waals surface area (Å²) in [5.74, 6) is 0.897. The molecule has 3 unspecified atom stereocenters. The number of hydrogen-bond donors (Lipinski definition) is 2. The Morgan fingerprint density at radius 2 is 1.82 bits per heavy atom. The Morgan fingerprint density at radius 1 is 1.00 bits per heavy atom. The standard InChI is InChI=1S/C31H35N5O3S/c1-3-35-27-8-5-4-7-23(27)24-16-22(11-12-28(24)35)32-30(38)25(13-14-40-2)33-31(39)34-17-20-15-21(19-34)26-9-6-10-29(37)36(26)18-20/h4-12,16,20-21,25H,3,13-15,17-19H2,1-2H3,(H,32,38)(H,33,39). The van der Waals surface area contributed by atoms with E-state index in [1.54, 1.807) is 23.9 Å². The number of aryl methyl sites for hydroxylation is 1. The number of carbonyl (C=O) groups is 2. The van der Waals surface area contributed by atoms with Gasteiger partial charge in [-0.2, -0.15) is 11.8 Å². The van der Waals surface area contributed by atoms with Gasteiger partial charge in [-0.1, -0.05) is 24.3 Å². The van der Waals surface area contributed by atoms with E-state index in [-0.39, 0.29) is 29.3 Å². The van der Waals surface area contributed by atoms with Crippen molar-refractivity contribution in [2.75, 3.05) is 30.4 Å². The largest absolute Gasteiger partial charge is 0.341 e. The lowest BCUT2D eigenvalue weighted by Gasteiger charge is -2.43. The molecule has 1 saturated heterocycles. The molecule has 40 heavy (non-hydrogen) atoms. The van der Waals surface area contributed by atoms with Crippen molar-refractivity contribution in [2.45, 2.75) is 44.8 Å². The maximum Gasteiger partial charge on any atom is 0.318 e. The molecule has 0 spiro atoms. The number of thioether (sulfide) groups is 1. The monoisotopic (exact) mass is 557 g/mol. The maximum absolute atomic E-state index is 13.5. The van der Waals surface area contributed by atoms with E-state index in [1.165, 1.54) is 5.52 Å². The molecule has 0 saturated carbocycles. The molecule has 2 aromatic heterocycles. The third-order valence-electron chi connectivity index (χ3n) is 8.35. The third-order valence-corrected chi connectivity index (χ3v) is 8.99. The van der Waals surface area contributed by atoms with Gasteiger partial charge in [0.15, 0.2) is 0 Å². The molecule has 4 heterocycles. The normalized spacial score (nSPS) is 18.9. The minimum absolute atomic E-state index is 0.0244. The molecule has 9 heteroatoms. The molecule has 208 valence electrons. The predicted octanol–water partition coefficient (Wildman–Crippen LogP) is 4.87. The maximum atomic E-state index is 13.5. The quantitative estimate of drug-likeness (QED) is 0.340. The van der Waals surface area contributed by atoms with Crippen molar-refractivity contribution in [3.8, 4) is 0 Å². The van der Waals surface area contributed by atoms with Gasteiger partial charge < -0.3 is 24.7 Å². The molecule has 2 bridgehead atoms. The highest BCUT2D eigenvalue weighted by Crippen LogP contribution is 2.35. The van der Waals surface area contributed by atoms with Gasteiger partial charge in [-0.25, -0.2) is 4.79 Å². The Morgan fingerprint density at radius 3 is 2.65 bits per heavy atom. The lowest BCUT2D eigenvalue weighted by molar-refractivity contribution is -0.118. The van der Waals surface area contributed by atoms with Crippen molar-refractivity contribution in [2.24, 2.45) is 5.92 Å². The summed E-state index contributed by atoms with van der Waals surface area (Å²) in [6.07, 6.45) is 3.51. The Labute approximate surface area is 237 Å². The molecule has 2 aliphatic rings. The SMILES string of the molecule is CCn1c2ccccc2c2cc(NC(=O)C(CCSC)NC(=O)N3CC4CC(C3)c3cccc(=O)n3C4)ccc21. The van der Waals surface area contributed by atoms with Gasteiger partial charge >= 0.3 is 6.03 Å². The first-order valence-electron chi connectivity index (χ1n) is 14.0. The lowest BCUT2D eigenvalue weighted by Crippen LogP contribution is -2.55. The van der Waals surface area contributed by atoms with E-state index in [2.05, 4.69) is 40.3 Å². The van der Waals surface area contributed by atoms with Crippen LogP contribution in [0.4, 0.5) is 10.5 Å². The summed E-state index contributed by atoms with van der Waals surface area (Å²) in [5, 5.41) is 8.36. The van der Waals surface area contributed by atoms with Crippen LogP contribution < -0.4 is 16.2 Å². The van der Waals surface area contributed by atoms with Gasteiger partial charge in [0.1, 0.15) is 6.04 Å². The molecule has 0 radical (unpaired) electrons. The van der Waals surface area contributed by atoms with Gasteiger partial charge in [-0.15, -0.1) is 0 Å². The number of piperidine rings is 1. The average molecular weight is 558 g/mol. The number of nitrogens with one attached hydrogen (secondary N) is 2. The summed E-state index contributed by atoms with van der Waals surface area (Å²) in [4.78, 5) is 41.1. The summed E-state index contributed by atoms with van der Waals surface area (Å²) < 4.78 is 4.14. The van der Waals surface area contributed by atoms with E-state index in [4.69, 9.17) is 0 Å². The van der Waals surface area contributed by atoms with Gasteiger partial charge in [-0.05, 0) is 68.0 Å². The van der Waals surface area contributed by atoms with Crippen LogP contribution in [0.1, 0.15) is 31.4 Å². The fourth-order valence-electron chi connectivity index (χ4n) is 6.51. The molecule has 2 N–H and O–H groups in total. The average Bonchev–Trinajstić information content (AvgIpc) is 3.28. The van der Waals surface area contributed by atoms with E-state index in [1.807, 2.05) is 46.1 Å². The number of fused-ring (bicyclic) bond motifs is 7. The number of carbonyl (C=O) groups excluding carboxylic acids is 2. The van der Waals surface area contributed by atoms with E-state index < -0.39 is 6.04 Å². The van der Waals surface area contributed by atoms with Crippen LogP contribution in [-0.4, -0.2) is 57.1 Å². The van der Waals surface area contributed by atoms with Crippen LogP contribution in [0.5, 0.6) is 0 Å². The number of rotatable bonds is 7. The van der Waals surface area contributed by atoms with E-state index >= 15 is 0 Å². The van der Waals surface area contributed by atoms with Crippen LogP contribution in [0.25, 0.3) is 21.8 Å². The zero-order chi connectivity index (χ0) is 27.8. The van der Waals surface area contributed by atoms with Gasteiger partial charge in [0, 0.05) is 71.4 Å². The Kier molecular flexibility index (Phi) is 7.31. The zero-order valence-corrected chi connectivity index (χ0v) is 23.7. The van der Waals surface area contributed by atoms with Crippen molar-refractivity contribution in [3.63, 3.8) is 0 Å². The van der Waals surface area contributed by atoms with Crippen molar-refractivity contribution in [1.29, 1.82) is 0 Å². The number of amides is 3. The number of para-hydroxylation sites is 1. The highest BCUT2D eigenvalue weighted by Gasteiger charge is 2.37. The molecule has 2 aromatic carbocycles. The molecular weight excluding hydrogens is 522 g/mol. The Hall–Kier alpha value is -3.72. The van der Waals surface area contributed by atoms with Crippen LogP contribution in [-0.2, 0) is 17.9 Å². The summed E-state index contributed by atoms with van der Waals surface area (Å²) in [6, 6.07) is 18.9. The van der Waals surface area contributed by atoms with Crippen LogP contribution in [0.15, 0.2) is 65.5 Å². The van der Waals surface area contributed by atoms with Crippen molar-refractivity contribution >= 4 is 51.2 Å². The lowest BCUT2D eigenvalue weighted by atomic mass is 9.83. The summed E-state index contributed by atoms with van der Waals surface area (Å²) in [6.45, 7) is 4.75. The second-order valence-corrected chi connectivity index (χ2v) is 11.9. The number of hydrogen-bond acceptors (Lipinski definition) is 4. The summed E-state index contributed by atoms with van der Waals surface area (Å²) in [7, 11) is 0. The fourth-order valence-corrected chi connectivity index (χ4v) is 6.98. The molecule has 3 amide bonds. The van der Waals surface area contributed by atoms with Crippen molar-refractivity contribution in [3.05, 3.63) is 76.7 Å². The van der Waals surface area contributed by atoms with Crippen LogP contribution in [0.2, 0.25) is 0 Å². The molecule has 8 nitrogen and oxygen atoms in total. The summed E-state index contributed by atoms with van der Waals surface area (Å²) >= 11 is 1.65. The molecule has 6 rings (SSSR count). The van der Waals surface area contributed by atoms with E-state index in [0.717, 1.165) is 46.4 Å². The molecule has 1 fully saturated rings. The number of nitrogens with zero attached hydrogens (tertiary/aromatic N) is 3. The molecule has 0 aliphatic carbocycles. The topological polar surface area (TPSA) is 88.4 Å².